The standard InChI is InChI=1S/C19H20IN3O/c1-3-7-15(8-4-1)13-24-18-12-11-17(23-14-21-22-20-23)19(18)16-9-5-2-6-10-16/h1-10,14,17-19H,11-13H2. The van der Waals surface area contributed by atoms with Crippen LogP contribution >= 0.6 is 21.3 Å². The maximum atomic E-state index is 6.36. The molecular weight excluding hydrogens is 413 g/mol. The highest BCUT2D eigenvalue weighted by molar-refractivity contribution is 14.1. The molecule has 0 aromatic heterocycles. The van der Waals surface area contributed by atoms with Gasteiger partial charge in [0.2, 0.25) is 0 Å². The molecule has 0 N–H and O–H groups in total. The zero-order chi connectivity index (χ0) is 16.2. The second kappa shape index (κ2) is 7.53. The average Bonchev–Trinajstić information content (AvgIpc) is 3.31. The summed E-state index contributed by atoms with van der Waals surface area (Å²) in [4.78, 5) is 0. The molecule has 1 aliphatic carbocycles. The van der Waals surface area contributed by atoms with Crippen LogP contribution in [0.3, 0.4) is 0 Å². The van der Waals surface area contributed by atoms with E-state index >= 15 is 0 Å². The summed E-state index contributed by atoms with van der Waals surface area (Å²) in [6, 6.07) is 21.7. The molecular formula is C19H20IN3O. The molecule has 0 amide bonds. The molecule has 3 atom stereocenters. The van der Waals surface area contributed by atoms with Crippen molar-refractivity contribution in [2.45, 2.75) is 37.5 Å². The van der Waals surface area contributed by atoms with Gasteiger partial charge in [0.1, 0.15) is 27.6 Å². The first kappa shape index (κ1) is 15.9. The van der Waals surface area contributed by atoms with Crippen molar-refractivity contribution in [2.24, 2.45) is 8.36 Å². The largest absolute Gasteiger partial charge is 0.373 e. The second-order valence-corrected chi connectivity index (χ2v) is 8.12. The normalized spacial score (nSPS) is 25.8. The van der Waals surface area contributed by atoms with E-state index in [9.17, 15) is 0 Å². The van der Waals surface area contributed by atoms with Gasteiger partial charge in [0.05, 0.1) is 18.8 Å². The highest BCUT2D eigenvalue weighted by Crippen LogP contribution is 2.42. The van der Waals surface area contributed by atoms with Crippen LogP contribution in [0.5, 0.6) is 0 Å². The van der Waals surface area contributed by atoms with E-state index in [1.54, 1.807) is 0 Å². The maximum Gasteiger partial charge on any atom is 0.146 e. The average molecular weight is 433 g/mol. The molecule has 0 bridgehead atoms. The molecule has 2 aromatic carbocycles. The van der Waals surface area contributed by atoms with Crippen molar-refractivity contribution in [1.82, 2.24) is 3.11 Å². The van der Waals surface area contributed by atoms with Crippen LogP contribution in [-0.2, 0) is 11.3 Å². The molecule has 5 heteroatoms. The van der Waals surface area contributed by atoms with Crippen LogP contribution < -0.4 is 0 Å². The molecule has 1 aliphatic heterocycles. The third kappa shape index (κ3) is 3.42. The lowest BCUT2D eigenvalue weighted by Crippen LogP contribution is -2.32. The van der Waals surface area contributed by atoms with Gasteiger partial charge in [-0.3, -0.25) is 3.11 Å². The van der Waals surface area contributed by atoms with Crippen LogP contribution in [0.4, 0.5) is 0 Å². The Balaban J connectivity index is 1.54. The number of ether oxygens (including phenoxy) is 1. The van der Waals surface area contributed by atoms with Gasteiger partial charge < -0.3 is 4.74 Å². The van der Waals surface area contributed by atoms with Crippen molar-refractivity contribution in [2.75, 3.05) is 0 Å². The van der Waals surface area contributed by atoms with Gasteiger partial charge >= 0.3 is 0 Å². The van der Waals surface area contributed by atoms with Crippen LogP contribution in [0.25, 0.3) is 0 Å². The fourth-order valence-corrected chi connectivity index (χ4v) is 5.20. The van der Waals surface area contributed by atoms with E-state index in [1.807, 2.05) is 12.4 Å². The number of rotatable bonds is 5. The molecule has 0 spiro atoms. The Labute approximate surface area is 153 Å². The van der Waals surface area contributed by atoms with Crippen LogP contribution in [0.15, 0.2) is 69.0 Å². The topological polar surface area (TPSA) is 37.2 Å². The predicted molar refractivity (Wildman–Crippen MR) is 104 cm³/mol. The number of hydrogen-bond donors (Lipinski definition) is 0. The summed E-state index contributed by atoms with van der Waals surface area (Å²) >= 11 is -0.349. The molecule has 4 nitrogen and oxygen atoms in total. The fourth-order valence-electron chi connectivity index (χ4n) is 3.58. The van der Waals surface area contributed by atoms with E-state index in [-0.39, 0.29) is 27.4 Å². The maximum absolute atomic E-state index is 6.36. The number of halogens is 1. The quantitative estimate of drug-likeness (QED) is 0.500. The molecule has 4 rings (SSSR count). The first-order valence-electron chi connectivity index (χ1n) is 8.28. The Morgan fingerprint density at radius 2 is 1.75 bits per heavy atom. The summed E-state index contributed by atoms with van der Waals surface area (Å²) < 4.78 is 12.9. The number of nitrogens with zero attached hydrogens (tertiary/aromatic N) is 3. The third-order valence-electron chi connectivity index (χ3n) is 4.70. The van der Waals surface area contributed by atoms with Crippen LogP contribution in [0, 0.1) is 0 Å². The van der Waals surface area contributed by atoms with E-state index < -0.39 is 0 Å². The van der Waals surface area contributed by atoms with E-state index in [4.69, 9.17) is 4.74 Å². The van der Waals surface area contributed by atoms with Crippen molar-refractivity contribution >= 4 is 27.6 Å². The Kier molecular flexibility index (Phi) is 4.99. The van der Waals surface area contributed by atoms with Crippen molar-refractivity contribution < 1.29 is 4.74 Å². The van der Waals surface area contributed by atoms with E-state index in [0.29, 0.717) is 18.6 Å². The van der Waals surface area contributed by atoms with Gasteiger partial charge in [0.15, 0.2) is 0 Å². The SMILES string of the molecule is C1=NN=IN1C1CCC(OCc2ccccc2)C1c1ccccc1. The Hall–Kier alpha value is -1.60. The van der Waals surface area contributed by atoms with Crippen molar-refractivity contribution in [1.29, 1.82) is 0 Å². The first-order valence-corrected chi connectivity index (χ1v) is 10.2. The van der Waals surface area contributed by atoms with Gasteiger partial charge in [-0.2, -0.15) is 0 Å². The second-order valence-electron chi connectivity index (χ2n) is 6.14. The zero-order valence-corrected chi connectivity index (χ0v) is 15.5. The molecule has 24 heavy (non-hydrogen) atoms. The molecule has 3 unspecified atom stereocenters. The van der Waals surface area contributed by atoms with Crippen LogP contribution in [0.1, 0.15) is 29.9 Å². The van der Waals surface area contributed by atoms with Gasteiger partial charge in [0, 0.05) is 5.92 Å². The Morgan fingerprint density at radius 3 is 2.46 bits per heavy atom. The minimum Gasteiger partial charge on any atom is -0.373 e. The van der Waals surface area contributed by atoms with Crippen molar-refractivity contribution in [3.63, 3.8) is 0 Å². The van der Waals surface area contributed by atoms with Crippen LogP contribution in [-0.4, -0.2) is 21.6 Å². The van der Waals surface area contributed by atoms with Crippen LogP contribution in [0.2, 0.25) is 0 Å². The Bertz CT molecular complexity index is 708. The fraction of sp³-hybridized carbons (Fsp3) is 0.316. The highest BCUT2D eigenvalue weighted by Gasteiger charge is 2.41. The molecule has 1 saturated carbocycles. The minimum absolute atomic E-state index is 0.246. The van der Waals surface area contributed by atoms with Gasteiger partial charge in [-0.05, 0) is 24.0 Å². The first-order chi connectivity index (χ1) is 11.9. The summed E-state index contributed by atoms with van der Waals surface area (Å²) in [7, 11) is 0. The van der Waals surface area contributed by atoms with Gasteiger partial charge in [-0.25, -0.2) is 0 Å². The van der Waals surface area contributed by atoms with Crippen molar-refractivity contribution in [3.05, 3.63) is 71.8 Å². The number of hydrogen-bond acceptors (Lipinski definition) is 4. The Morgan fingerprint density at radius 1 is 1.00 bits per heavy atom. The van der Waals surface area contributed by atoms with Gasteiger partial charge in [0.25, 0.3) is 0 Å². The highest BCUT2D eigenvalue weighted by atomic mass is 127. The molecule has 2 aliphatic rings. The zero-order valence-electron chi connectivity index (χ0n) is 13.3. The number of benzene rings is 2. The minimum atomic E-state index is -0.349. The van der Waals surface area contributed by atoms with Gasteiger partial charge in [-0.15, -0.1) is 8.36 Å². The van der Waals surface area contributed by atoms with E-state index in [1.165, 1.54) is 11.1 Å². The van der Waals surface area contributed by atoms with Gasteiger partial charge in [-0.1, -0.05) is 60.7 Å². The lowest BCUT2D eigenvalue weighted by Gasteiger charge is -2.29. The predicted octanol–water partition coefficient (Wildman–Crippen LogP) is 4.85. The smallest absolute Gasteiger partial charge is 0.146 e. The monoisotopic (exact) mass is 433 g/mol. The van der Waals surface area contributed by atoms with E-state index in [0.717, 1.165) is 12.8 Å². The molecule has 0 saturated heterocycles. The third-order valence-corrected chi connectivity index (χ3v) is 6.60. The molecule has 0 radical (unpaired) electrons. The lowest BCUT2D eigenvalue weighted by molar-refractivity contribution is 0.0312. The molecule has 1 heterocycles. The van der Waals surface area contributed by atoms with E-state index in [2.05, 4.69) is 66.1 Å². The summed E-state index contributed by atoms with van der Waals surface area (Å²) in [5.41, 5.74) is 2.60. The molecule has 2 aromatic rings. The molecule has 1 fully saturated rings. The van der Waals surface area contributed by atoms with Crippen molar-refractivity contribution in [3.8, 4) is 0 Å². The summed E-state index contributed by atoms with van der Waals surface area (Å²) in [5.74, 6) is 0.384. The summed E-state index contributed by atoms with van der Waals surface area (Å²) in [6.45, 7) is 0.676. The molecule has 124 valence electrons. The summed E-state index contributed by atoms with van der Waals surface area (Å²) in [6.07, 6.45) is 4.40. The summed E-state index contributed by atoms with van der Waals surface area (Å²) in [5, 5.41) is 4.09. The lowest BCUT2D eigenvalue weighted by atomic mass is 9.92.